The molecular weight excluding hydrogens is 180 g/mol. The van der Waals surface area contributed by atoms with E-state index in [0.29, 0.717) is 13.0 Å². The first kappa shape index (κ1) is 10.5. The molecule has 0 aliphatic carbocycles. The van der Waals surface area contributed by atoms with E-state index < -0.39 is 0 Å². The summed E-state index contributed by atoms with van der Waals surface area (Å²) >= 11 is 0. The predicted molar refractivity (Wildman–Crippen MR) is 53.7 cm³/mol. The molecule has 0 aromatic heterocycles. The van der Waals surface area contributed by atoms with Crippen molar-refractivity contribution < 1.29 is 9.90 Å². The first-order valence-electron chi connectivity index (χ1n) is 4.43. The molecule has 5 N–H and O–H groups in total. The van der Waals surface area contributed by atoms with Crippen molar-refractivity contribution in [3.8, 4) is 5.75 Å². The van der Waals surface area contributed by atoms with Gasteiger partial charge in [-0.25, -0.2) is 0 Å². The third-order valence-electron chi connectivity index (χ3n) is 2.09. The van der Waals surface area contributed by atoms with E-state index in [0.717, 1.165) is 5.56 Å². The van der Waals surface area contributed by atoms with Gasteiger partial charge in [-0.2, -0.15) is 0 Å². The van der Waals surface area contributed by atoms with Gasteiger partial charge in [-0.05, 0) is 30.7 Å². The third kappa shape index (κ3) is 2.47. The Morgan fingerprint density at radius 2 is 1.93 bits per heavy atom. The molecule has 4 heteroatoms. The van der Waals surface area contributed by atoms with E-state index in [9.17, 15) is 4.79 Å². The maximum absolute atomic E-state index is 11.1. The van der Waals surface area contributed by atoms with Gasteiger partial charge in [-0.15, -0.1) is 0 Å². The molecule has 0 spiro atoms. The summed E-state index contributed by atoms with van der Waals surface area (Å²) in [6.45, 7) is 0.411. The van der Waals surface area contributed by atoms with Crippen LogP contribution in [0.25, 0.3) is 0 Å². The van der Waals surface area contributed by atoms with Gasteiger partial charge in [0.25, 0.3) is 0 Å². The number of benzene rings is 1. The molecule has 0 saturated heterocycles. The number of hydrogen-bond donors (Lipinski definition) is 3. The minimum Gasteiger partial charge on any atom is -0.508 e. The van der Waals surface area contributed by atoms with Crippen LogP contribution < -0.4 is 11.5 Å². The fourth-order valence-corrected chi connectivity index (χ4v) is 1.35. The Balaban J connectivity index is 2.87. The van der Waals surface area contributed by atoms with Crippen LogP contribution in [0.1, 0.15) is 17.9 Å². The van der Waals surface area contributed by atoms with Crippen molar-refractivity contribution in [1.82, 2.24) is 0 Å². The quantitative estimate of drug-likeness (QED) is 0.644. The first-order chi connectivity index (χ1) is 6.65. The number of hydrogen-bond acceptors (Lipinski definition) is 3. The molecule has 1 aromatic carbocycles. The number of rotatable bonds is 4. The molecule has 0 fully saturated rings. The Morgan fingerprint density at radius 3 is 2.36 bits per heavy atom. The highest BCUT2D eigenvalue weighted by Gasteiger charge is 2.16. The van der Waals surface area contributed by atoms with Crippen LogP contribution in [0.15, 0.2) is 24.3 Å². The maximum atomic E-state index is 11.1. The Bertz CT molecular complexity index is 308. The number of primary amides is 1. The summed E-state index contributed by atoms with van der Waals surface area (Å²) in [5.41, 5.74) is 11.4. The number of nitrogens with two attached hydrogens (primary N) is 2. The molecule has 76 valence electrons. The maximum Gasteiger partial charge on any atom is 0.225 e. The number of amides is 1. The SMILES string of the molecule is NCCC(C(N)=O)c1ccc(O)cc1. The van der Waals surface area contributed by atoms with Gasteiger partial charge in [0.05, 0.1) is 5.92 Å². The molecule has 0 aliphatic heterocycles. The third-order valence-corrected chi connectivity index (χ3v) is 2.09. The summed E-state index contributed by atoms with van der Waals surface area (Å²) < 4.78 is 0. The van der Waals surface area contributed by atoms with Gasteiger partial charge in [-0.1, -0.05) is 12.1 Å². The standard InChI is InChI=1S/C10H14N2O2/c11-6-5-9(10(12)14)7-1-3-8(13)4-2-7/h1-4,9,13H,5-6,11H2,(H2,12,14). The van der Waals surface area contributed by atoms with Crippen LogP contribution in [-0.2, 0) is 4.79 Å². The van der Waals surface area contributed by atoms with Crippen LogP contribution in [0.5, 0.6) is 5.75 Å². The lowest BCUT2D eigenvalue weighted by molar-refractivity contribution is -0.119. The van der Waals surface area contributed by atoms with Gasteiger partial charge in [0, 0.05) is 0 Å². The van der Waals surface area contributed by atoms with E-state index in [-0.39, 0.29) is 17.6 Å². The highest BCUT2D eigenvalue weighted by atomic mass is 16.3. The molecule has 0 heterocycles. The minimum absolute atomic E-state index is 0.171. The first-order valence-corrected chi connectivity index (χ1v) is 4.43. The Kier molecular flexibility index (Phi) is 3.48. The Labute approximate surface area is 82.5 Å². The van der Waals surface area contributed by atoms with E-state index in [1.54, 1.807) is 12.1 Å². The molecule has 0 radical (unpaired) electrons. The van der Waals surface area contributed by atoms with Gasteiger partial charge < -0.3 is 16.6 Å². The Morgan fingerprint density at radius 1 is 1.36 bits per heavy atom. The lowest BCUT2D eigenvalue weighted by Crippen LogP contribution is -2.23. The lowest BCUT2D eigenvalue weighted by atomic mass is 9.95. The largest absolute Gasteiger partial charge is 0.508 e. The van der Waals surface area contributed by atoms with Gasteiger partial charge in [-0.3, -0.25) is 4.79 Å². The summed E-state index contributed by atoms with van der Waals surface area (Å²) in [4.78, 5) is 11.1. The average Bonchev–Trinajstić information content (AvgIpc) is 2.15. The zero-order valence-corrected chi connectivity index (χ0v) is 7.81. The Hall–Kier alpha value is -1.55. The van der Waals surface area contributed by atoms with E-state index in [2.05, 4.69) is 0 Å². The number of aromatic hydroxyl groups is 1. The van der Waals surface area contributed by atoms with Crippen LogP contribution in [-0.4, -0.2) is 17.6 Å². The second-order valence-corrected chi connectivity index (χ2v) is 3.12. The summed E-state index contributed by atoms with van der Waals surface area (Å²) in [5, 5.41) is 9.07. The molecule has 1 amide bonds. The minimum atomic E-state index is -0.388. The summed E-state index contributed by atoms with van der Waals surface area (Å²) in [6, 6.07) is 6.42. The predicted octanol–water partition coefficient (Wildman–Crippen LogP) is 0.310. The number of phenolic OH excluding ortho intramolecular Hbond substituents is 1. The average molecular weight is 194 g/mol. The molecule has 1 aromatic rings. The molecule has 0 aliphatic rings. The van der Waals surface area contributed by atoms with Crippen molar-refractivity contribution in [3.63, 3.8) is 0 Å². The summed E-state index contributed by atoms with van der Waals surface area (Å²) in [5.74, 6) is -0.577. The van der Waals surface area contributed by atoms with Crippen molar-refractivity contribution >= 4 is 5.91 Å². The van der Waals surface area contributed by atoms with Crippen LogP contribution in [0.4, 0.5) is 0 Å². The van der Waals surface area contributed by atoms with Crippen molar-refractivity contribution in [1.29, 1.82) is 0 Å². The molecule has 0 bridgehead atoms. The fourth-order valence-electron chi connectivity index (χ4n) is 1.35. The van der Waals surface area contributed by atoms with Crippen molar-refractivity contribution in [2.45, 2.75) is 12.3 Å². The zero-order chi connectivity index (χ0) is 10.6. The lowest BCUT2D eigenvalue weighted by Gasteiger charge is -2.12. The molecule has 1 rings (SSSR count). The van der Waals surface area contributed by atoms with Crippen LogP contribution in [0.2, 0.25) is 0 Å². The number of phenols is 1. The fraction of sp³-hybridized carbons (Fsp3) is 0.300. The van der Waals surface area contributed by atoms with Crippen molar-refractivity contribution in [2.24, 2.45) is 11.5 Å². The topological polar surface area (TPSA) is 89.3 Å². The number of carbonyl (C=O) groups is 1. The van der Waals surface area contributed by atoms with Gasteiger partial charge in [0.15, 0.2) is 0 Å². The second kappa shape index (κ2) is 4.62. The van der Waals surface area contributed by atoms with Crippen LogP contribution in [0.3, 0.4) is 0 Å². The van der Waals surface area contributed by atoms with E-state index in [1.165, 1.54) is 12.1 Å². The molecule has 4 nitrogen and oxygen atoms in total. The second-order valence-electron chi connectivity index (χ2n) is 3.12. The van der Waals surface area contributed by atoms with Gasteiger partial charge in [0.1, 0.15) is 5.75 Å². The summed E-state index contributed by atoms with van der Waals surface area (Å²) in [6.07, 6.45) is 0.528. The molecule has 0 saturated carbocycles. The molecule has 14 heavy (non-hydrogen) atoms. The highest BCUT2D eigenvalue weighted by molar-refractivity contribution is 5.81. The van der Waals surface area contributed by atoms with Gasteiger partial charge in [0.2, 0.25) is 5.91 Å². The van der Waals surface area contributed by atoms with Gasteiger partial charge >= 0.3 is 0 Å². The molecule has 1 unspecified atom stereocenters. The zero-order valence-electron chi connectivity index (χ0n) is 7.81. The van der Waals surface area contributed by atoms with E-state index in [1.807, 2.05) is 0 Å². The smallest absolute Gasteiger partial charge is 0.225 e. The van der Waals surface area contributed by atoms with Crippen LogP contribution in [0, 0.1) is 0 Å². The normalized spacial score (nSPS) is 12.4. The monoisotopic (exact) mass is 194 g/mol. The summed E-state index contributed by atoms with van der Waals surface area (Å²) in [7, 11) is 0. The van der Waals surface area contributed by atoms with Crippen LogP contribution >= 0.6 is 0 Å². The highest BCUT2D eigenvalue weighted by Crippen LogP contribution is 2.20. The molecule has 1 atom stereocenters. The van der Waals surface area contributed by atoms with E-state index >= 15 is 0 Å². The number of carbonyl (C=O) groups excluding carboxylic acids is 1. The van der Waals surface area contributed by atoms with Crippen molar-refractivity contribution in [2.75, 3.05) is 6.54 Å². The molecular formula is C10H14N2O2. The van der Waals surface area contributed by atoms with Crippen molar-refractivity contribution in [3.05, 3.63) is 29.8 Å². The van der Waals surface area contributed by atoms with E-state index in [4.69, 9.17) is 16.6 Å².